The maximum absolute atomic E-state index is 11.5. The Bertz CT molecular complexity index is 474. The Kier molecular flexibility index (Phi) is 6.75. The second kappa shape index (κ2) is 7.82. The minimum Gasteiger partial charge on any atom is -0.309 e. The topological polar surface area (TPSA) is 59.1 Å². The normalized spacial score (nSPS) is 13.4. The van der Waals surface area contributed by atoms with Crippen molar-refractivity contribution in [3.05, 3.63) is 29.0 Å². The third kappa shape index (κ3) is 5.89. The molecule has 0 spiro atoms. The summed E-state index contributed by atoms with van der Waals surface area (Å²) in [7, 11) is -2.89. The van der Waals surface area contributed by atoms with Crippen LogP contribution in [-0.2, 0) is 9.84 Å². The van der Waals surface area contributed by atoms with E-state index in [0.717, 1.165) is 18.7 Å². The van der Waals surface area contributed by atoms with Crippen LogP contribution in [0.2, 0.25) is 5.02 Å². The maximum Gasteiger partial charge on any atom is 0.150 e. The van der Waals surface area contributed by atoms with Crippen molar-refractivity contribution in [1.82, 2.24) is 10.3 Å². The summed E-state index contributed by atoms with van der Waals surface area (Å²) in [6.45, 7) is 4.51. The molecule has 19 heavy (non-hydrogen) atoms. The van der Waals surface area contributed by atoms with E-state index in [2.05, 4.69) is 10.3 Å². The average molecular weight is 305 g/mol. The first kappa shape index (κ1) is 16.4. The zero-order valence-electron chi connectivity index (χ0n) is 11.4. The van der Waals surface area contributed by atoms with E-state index in [4.69, 9.17) is 11.6 Å². The molecule has 1 atom stereocenters. The first-order chi connectivity index (χ1) is 8.98. The van der Waals surface area contributed by atoms with Crippen molar-refractivity contribution >= 4 is 21.4 Å². The lowest BCUT2D eigenvalue weighted by Gasteiger charge is -2.17. The number of aromatic nitrogens is 1. The SMILES string of the molecule is CCNC(CCCS(=O)(=O)CC)c1ccc(Cl)cn1. The van der Waals surface area contributed by atoms with Crippen LogP contribution in [0.1, 0.15) is 38.4 Å². The van der Waals surface area contributed by atoms with Crippen molar-refractivity contribution in [2.45, 2.75) is 32.7 Å². The molecule has 1 aromatic rings. The Balaban J connectivity index is 2.61. The highest BCUT2D eigenvalue weighted by Gasteiger charge is 2.14. The van der Waals surface area contributed by atoms with Gasteiger partial charge in [0.2, 0.25) is 0 Å². The summed E-state index contributed by atoms with van der Waals surface area (Å²) >= 11 is 5.81. The summed E-state index contributed by atoms with van der Waals surface area (Å²) in [5.41, 5.74) is 0.903. The van der Waals surface area contributed by atoms with Gasteiger partial charge in [-0.15, -0.1) is 0 Å². The summed E-state index contributed by atoms with van der Waals surface area (Å²) in [6, 6.07) is 3.76. The highest BCUT2D eigenvalue weighted by Crippen LogP contribution is 2.18. The minimum atomic E-state index is -2.89. The van der Waals surface area contributed by atoms with Gasteiger partial charge in [0.05, 0.1) is 16.5 Å². The summed E-state index contributed by atoms with van der Waals surface area (Å²) < 4.78 is 22.9. The molecule has 4 nitrogen and oxygen atoms in total. The van der Waals surface area contributed by atoms with Gasteiger partial charge in [-0.1, -0.05) is 25.4 Å². The van der Waals surface area contributed by atoms with Crippen LogP contribution >= 0.6 is 11.6 Å². The van der Waals surface area contributed by atoms with E-state index < -0.39 is 9.84 Å². The number of rotatable bonds is 8. The third-order valence-corrected chi connectivity index (χ3v) is 4.96. The van der Waals surface area contributed by atoms with Gasteiger partial charge in [0.1, 0.15) is 9.84 Å². The van der Waals surface area contributed by atoms with Crippen molar-refractivity contribution in [2.75, 3.05) is 18.1 Å². The Labute approximate surface area is 120 Å². The molecule has 0 amide bonds. The Morgan fingerprint density at radius 2 is 2.11 bits per heavy atom. The Morgan fingerprint density at radius 3 is 2.63 bits per heavy atom. The highest BCUT2D eigenvalue weighted by atomic mass is 35.5. The standard InChI is InChI=1S/C13H21ClN2O2S/c1-3-15-12(6-5-9-19(17,18)4-2)13-8-7-11(14)10-16-13/h7-8,10,12,15H,3-6,9H2,1-2H3. The van der Waals surface area contributed by atoms with Crippen molar-refractivity contribution in [2.24, 2.45) is 0 Å². The number of hydrogen-bond donors (Lipinski definition) is 1. The summed E-state index contributed by atoms with van der Waals surface area (Å²) in [5, 5.41) is 3.93. The van der Waals surface area contributed by atoms with E-state index in [0.29, 0.717) is 11.4 Å². The number of hydrogen-bond acceptors (Lipinski definition) is 4. The van der Waals surface area contributed by atoms with E-state index in [1.54, 1.807) is 19.2 Å². The predicted molar refractivity (Wildman–Crippen MR) is 79.2 cm³/mol. The molecule has 0 aliphatic rings. The molecular formula is C13H21ClN2O2S. The van der Waals surface area contributed by atoms with E-state index in [1.165, 1.54) is 0 Å². The van der Waals surface area contributed by atoms with Crippen molar-refractivity contribution in [3.63, 3.8) is 0 Å². The molecule has 108 valence electrons. The fraction of sp³-hybridized carbons (Fsp3) is 0.615. The average Bonchev–Trinajstić information content (AvgIpc) is 2.39. The van der Waals surface area contributed by atoms with Gasteiger partial charge in [0.15, 0.2) is 0 Å². The first-order valence-electron chi connectivity index (χ1n) is 6.53. The lowest BCUT2D eigenvalue weighted by molar-refractivity contribution is 0.496. The Morgan fingerprint density at radius 1 is 1.37 bits per heavy atom. The van der Waals surface area contributed by atoms with E-state index in [9.17, 15) is 8.42 Å². The van der Waals surface area contributed by atoms with Gasteiger partial charge in [-0.3, -0.25) is 4.98 Å². The quantitative estimate of drug-likeness (QED) is 0.802. The predicted octanol–water partition coefficient (Wildman–Crippen LogP) is 2.60. The van der Waals surface area contributed by atoms with Gasteiger partial charge in [-0.05, 0) is 31.5 Å². The van der Waals surface area contributed by atoms with E-state index >= 15 is 0 Å². The van der Waals surface area contributed by atoms with E-state index in [1.807, 2.05) is 13.0 Å². The van der Waals surface area contributed by atoms with Crippen LogP contribution in [0, 0.1) is 0 Å². The number of halogens is 1. The molecule has 6 heteroatoms. The lowest BCUT2D eigenvalue weighted by Crippen LogP contribution is -2.22. The van der Waals surface area contributed by atoms with E-state index in [-0.39, 0.29) is 17.5 Å². The summed E-state index contributed by atoms with van der Waals surface area (Å²) in [4.78, 5) is 4.29. The zero-order valence-corrected chi connectivity index (χ0v) is 13.0. The molecule has 1 rings (SSSR count). The fourth-order valence-electron chi connectivity index (χ4n) is 1.85. The van der Waals surface area contributed by atoms with Crippen molar-refractivity contribution < 1.29 is 8.42 Å². The zero-order chi connectivity index (χ0) is 14.3. The van der Waals surface area contributed by atoms with Crippen molar-refractivity contribution in [3.8, 4) is 0 Å². The minimum absolute atomic E-state index is 0.0781. The van der Waals surface area contributed by atoms with Gasteiger partial charge in [-0.2, -0.15) is 0 Å². The van der Waals surface area contributed by atoms with Crippen LogP contribution < -0.4 is 5.32 Å². The molecule has 0 aromatic carbocycles. The molecule has 1 aromatic heterocycles. The van der Waals surface area contributed by atoms with Crippen LogP contribution in [0.15, 0.2) is 18.3 Å². The molecule has 1 N–H and O–H groups in total. The Hall–Kier alpha value is -0.650. The molecule has 0 bridgehead atoms. The van der Waals surface area contributed by atoms with Crippen LogP contribution in [0.5, 0.6) is 0 Å². The molecule has 1 heterocycles. The second-order valence-electron chi connectivity index (χ2n) is 4.39. The van der Waals surface area contributed by atoms with Crippen LogP contribution in [0.3, 0.4) is 0 Å². The molecule has 0 aliphatic carbocycles. The summed E-state index contributed by atoms with van der Waals surface area (Å²) in [5.74, 6) is 0.442. The molecule has 0 saturated heterocycles. The third-order valence-electron chi connectivity index (χ3n) is 2.95. The highest BCUT2D eigenvalue weighted by molar-refractivity contribution is 7.91. The van der Waals surface area contributed by atoms with Gasteiger partial charge < -0.3 is 5.32 Å². The number of sulfone groups is 1. The van der Waals surface area contributed by atoms with Gasteiger partial charge in [0.25, 0.3) is 0 Å². The smallest absolute Gasteiger partial charge is 0.150 e. The lowest BCUT2D eigenvalue weighted by atomic mass is 10.1. The van der Waals surface area contributed by atoms with Gasteiger partial charge in [0, 0.05) is 18.0 Å². The molecule has 1 unspecified atom stereocenters. The van der Waals surface area contributed by atoms with Gasteiger partial charge >= 0.3 is 0 Å². The molecule has 0 fully saturated rings. The molecule has 0 radical (unpaired) electrons. The number of nitrogens with one attached hydrogen (secondary N) is 1. The van der Waals surface area contributed by atoms with Crippen LogP contribution in [0.25, 0.3) is 0 Å². The number of nitrogens with zero attached hydrogens (tertiary/aromatic N) is 1. The largest absolute Gasteiger partial charge is 0.309 e. The fourth-order valence-corrected chi connectivity index (χ4v) is 2.85. The monoisotopic (exact) mass is 304 g/mol. The number of pyridine rings is 1. The molecule has 0 aliphatic heterocycles. The van der Waals surface area contributed by atoms with Crippen molar-refractivity contribution in [1.29, 1.82) is 0 Å². The molecular weight excluding hydrogens is 284 g/mol. The first-order valence-corrected chi connectivity index (χ1v) is 8.73. The second-order valence-corrected chi connectivity index (χ2v) is 7.30. The summed E-state index contributed by atoms with van der Waals surface area (Å²) in [6.07, 6.45) is 3.00. The van der Waals surface area contributed by atoms with Crippen LogP contribution in [0.4, 0.5) is 0 Å². The van der Waals surface area contributed by atoms with Crippen LogP contribution in [-0.4, -0.2) is 31.5 Å². The molecule has 0 saturated carbocycles. The maximum atomic E-state index is 11.5. The van der Waals surface area contributed by atoms with Gasteiger partial charge in [-0.25, -0.2) is 8.42 Å².